The molecule has 0 amide bonds. The van der Waals surface area contributed by atoms with Crippen molar-refractivity contribution in [1.82, 2.24) is 4.57 Å². The average Bonchev–Trinajstić information content (AvgIpc) is 3.26. The Morgan fingerprint density at radius 2 is 1.84 bits per heavy atom. The third kappa shape index (κ3) is 6.35. The molecule has 43 heavy (non-hydrogen) atoms. The number of nitrogens with zero attached hydrogens (tertiary/aromatic N) is 2. The van der Waals surface area contributed by atoms with Crippen LogP contribution in [0.4, 0.5) is 4.39 Å². The molecule has 0 saturated heterocycles. The zero-order chi connectivity index (χ0) is 30.8. The number of allylic oxidation sites excluding steroid dienone is 1. The van der Waals surface area contributed by atoms with Gasteiger partial charge in [-0.2, -0.15) is 0 Å². The lowest BCUT2D eigenvalue weighted by Crippen LogP contribution is -2.39. The van der Waals surface area contributed by atoms with Gasteiger partial charge in [0.1, 0.15) is 12.4 Å². The van der Waals surface area contributed by atoms with Crippen LogP contribution >= 0.6 is 46.1 Å². The smallest absolute Gasteiger partial charge is 0.338 e. The van der Waals surface area contributed by atoms with E-state index in [0.29, 0.717) is 53.3 Å². The number of methoxy groups -OCH3 is 1. The van der Waals surface area contributed by atoms with E-state index >= 15 is 0 Å². The Bertz CT molecular complexity index is 1940. The van der Waals surface area contributed by atoms with E-state index in [-0.39, 0.29) is 29.4 Å². The number of halogens is 4. The predicted octanol–water partition coefficient (Wildman–Crippen LogP) is 6.49. The maximum Gasteiger partial charge on any atom is 0.338 e. The molecule has 7 nitrogen and oxygen atoms in total. The van der Waals surface area contributed by atoms with Crippen LogP contribution in [0.15, 0.2) is 75.7 Å². The van der Waals surface area contributed by atoms with Gasteiger partial charge in [0, 0.05) is 15.6 Å². The molecule has 3 aromatic carbocycles. The minimum atomic E-state index is -0.855. The molecular formula is C31H24Cl3FN2O5S. The summed E-state index contributed by atoms with van der Waals surface area (Å²) in [5, 5.41) is 1.22. The third-order valence-corrected chi connectivity index (χ3v) is 8.49. The second kappa shape index (κ2) is 12.9. The van der Waals surface area contributed by atoms with Crippen LogP contribution in [0, 0.1) is 5.82 Å². The fraction of sp³-hybridized carbons (Fsp3) is 0.194. The first-order chi connectivity index (χ1) is 20.6. The highest BCUT2D eigenvalue weighted by molar-refractivity contribution is 7.07. The minimum Gasteiger partial charge on any atom is -0.493 e. The molecule has 5 rings (SSSR count). The first kappa shape index (κ1) is 30.8. The summed E-state index contributed by atoms with van der Waals surface area (Å²) >= 11 is 20.0. The van der Waals surface area contributed by atoms with Gasteiger partial charge in [0.25, 0.3) is 5.56 Å². The Hall–Kier alpha value is -3.63. The number of hydrogen-bond donors (Lipinski definition) is 0. The van der Waals surface area contributed by atoms with Crippen molar-refractivity contribution in [3.05, 3.63) is 123 Å². The number of esters is 1. The van der Waals surface area contributed by atoms with Crippen LogP contribution < -0.4 is 24.4 Å². The van der Waals surface area contributed by atoms with Crippen molar-refractivity contribution >= 4 is 58.2 Å². The number of ether oxygens (including phenoxy) is 3. The normalized spacial score (nSPS) is 14.8. The molecule has 0 fully saturated rings. The highest BCUT2D eigenvalue weighted by Crippen LogP contribution is 2.38. The van der Waals surface area contributed by atoms with Crippen molar-refractivity contribution in [2.75, 3.05) is 13.7 Å². The van der Waals surface area contributed by atoms with Gasteiger partial charge in [0.2, 0.25) is 0 Å². The third-order valence-electron chi connectivity index (χ3n) is 6.64. The number of rotatable bonds is 8. The summed E-state index contributed by atoms with van der Waals surface area (Å²) in [6, 6.07) is 13.2. The first-order valence-corrected chi connectivity index (χ1v) is 15.0. The predicted molar refractivity (Wildman–Crippen MR) is 166 cm³/mol. The van der Waals surface area contributed by atoms with Gasteiger partial charge in [-0.25, -0.2) is 14.2 Å². The molecule has 0 radical (unpaired) electrons. The number of fused-ring (bicyclic) bond motifs is 1. The number of aromatic nitrogens is 1. The van der Waals surface area contributed by atoms with Crippen LogP contribution in [0.25, 0.3) is 6.08 Å². The molecule has 1 aliphatic heterocycles. The Kier molecular flexibility index (Phi) is 9.27. The number of carbonyl (C=O) groups is 1. The molecule has 12 heteroatoms. The molecule has 0 unspecified atom stereocenters. The maximum atomic E-state index is 13.8. The summed E-state index contributed by atoms with van der Waals surface area (Å²) in [6.07, 6.45) is 1.66. The van der Waals surface area contributed by atoms with Crippen molar-refractivity contribution < 1.29 is 23.4 Å². The number of thiazole rings is 1. The Balaban J connectivity index is 1.56. The van der Waals surface area contributed by atoms with Gasteiger partial charge in [0.15, 0.2) is 16.3 Å². The van der Waals surface area contributed by atoms with E-state index in [1.165, 1.54) is 35.9 Å². The van der Waals surface area contributed by atoms with Crippen LogP contribution in [0.5, 0.6) is 11.5 Å². The van der Waals surface area contributed by atoms with Gasteiger partial charge in [-0.3, -0.25) is 9.36 Å². The van der Waals surface area contributed by atoms with Crippen LogP contribution in [0.3, 0.4) is 0 Å². The summed E-state index contributed by atoms with van der Waals surface area (Å²) < 4.78 is 32.3. The van der Waals surface area contributed by atoms with E-state index in [9.17, 15) is 14.0 Å². The zero-order valence-corrected chi connectivity index (χ0v) is 26.2. The van der Waals surface area contributed by atoms with Gasteiger partial charge >= 0.3 is 5.97 Å². The minimum absolute atomic E-state index is 0.121. The fourth-order valence-electron chi connectivity index (χ4n) is 4.66. The highest BCUT2D eigenvalue weighted by Gasteiger charge is 2.33. The monoisotopic (exact) mass is 660 g/mol. The topological polar surface area (TPSA) is 79.1 Å². The lowest BCUT2D eigenvalue weighted by molar-refractivity contribution is -0.139. The van der Waals surface area contributed by atoms with Gasteiger partial charge in [0.05, 0.1) is 40.6 Å². The lowest BCUT2D eigenvalue weighted by atomic mass is 9.96. The van der Waals surface area contributed by atoms with E-state index in [4.69, 9.17) is 49.0 Å². The molecule has 0 N–H and O–H groups in total. The number of carbonyl (C=O) groups excluding carboxylic acids is 1. The molecule has 0 bridgehead atoms. The van der Waals surface area contributed by atoms with Gasteiger partial charge in [-0.15, -0.1) is 0 Å². The largest absolute Gasteiger partial charge is 0.493 e. The SMILES string of the molecule is CCOC(=O)C1=C(C)N=c2s/c(=C\c3cc(Cl)c(OCc4ccc(Cl)cc4Cl)c(OC)c3)c(=O)n2[C@@H]1c1ccc(F)cc1. The van der Waals surface area contributed by atoms with E-state index in [1.54, 1.807) is 50.3 Å². The molecule has 4 aromatic rings. The summed E-state index contributed by atoms with van der Waals surface area (Å²) in [5.74, 6) is -0.385. The second-order valence-corrected chi connectivity index (χ2v) is 11.7. The van der Waals surface area contributed by atoms with E-state index in [2.05, 4.69) is 4.99 Å². The van der Waals surface area contributed by atoms with Crippen LogP contribution in [-0.4, -0.2) is 24.3 Å². The van der Waals surface area contributed by atoms with E-state index in [0.717, 1.165) is 11.3 Å². The summed E-state index contributed by atoms with van der Waals surface area (Å²) in [5.41, 5.74) is 2.05. The molecule has 0 spiro atoms. The van der Waals surface area contributed by atoms with Crippen molar-refractivity contribution in [2.45, 2.75) is 26.5 Å². The zero-order valence-electron chi connectivity index (χ0n) is 23.1. The van der Waals surface area contributed by atoms with Crippen molar-refractivity contribution in [1.29, 1.82) is 0 Å². The molecule has 0 saturated carbocycles. The summed E-state index contributed by atoms with van der Waals surface area (Å²) in [6.45, 7) is 3.64. The van der Waals surface area contributed by atoms with Crippen LogP contribution in [0.2, 0.25) is 15.1 Å². The van der Waals surface area contributed by atoms with E-state index in [1.807, 2.05) is 0 Å². The quantitative estimate of drug-likeness (QED) is 0.202. The summed E-state index contributed by atoms with van der Waals surface area (Å²) in [4.78, 5) is 31.8. The van der Waals surface area contributed by atoms with Gasteiger partial charge < -0.3 is 14.2 Å². The number of benzene rings is 3. The molecule has 0 aliphatic carbocycles. The highest BCUT2D eigenvalue weighted by atomic mass is 35.5. The second-order valence-electron chi connectivity index (χ2n) is 9.41. The number of hydrogen-bond acceptors (Lipinski definition) is 7. The van der Waals surface area contributed by atoms with Gasteiger partial charge in [-0.1, -0.05) is 64.3 Å². The average molecular weight is 662 g/mol. The van der Waals surface area contributed by atoms with Crippen LogP contribution in [0.1, 0.15) is 36.6 Å². The Labute approximate surface area is 265 Å². The molecule has 1 aliphatic rings. The molecular weight excluding hydrogens is 638 g/mol. The standard InChI is InChI=1S/C31H24Cl3FN2O5S/c1-4-41-30(39)26-16(2)36-31-37(27(26)18-6-9-21(35)10-7-18)29(38)25(43-31)13-17-11-23(34)28(24(12-17)40-3)42-15-19-5-8-20(32)14-22(19)33/h5-14,27H,4,15H2,1-3H3/b25-13-/t27-/m1/s1. The van der Waals surface area contributed by atoms with Crippen molar-refractivity contribution in [3.8, 4) is 11.5 Å². The lowest BCUT2D eigenvalue weighted by Gasteiger charge is -2.24. The summed E-state index contributed by atoms with van der Waals surface area (Å²) in [7, 11) is 1.48. The van der Waals surface area contributed by atoms with Crippen molar-refractivity contribution in [3.63, 3.8) is 0 Å². The van der Waals surface area contributed by atoms with Crippen LogP contribution in [-0.2, 0) is 16.1 Å². The van der Waals surface area contributed by atoms with E-state index < -0.39 is 17.8 Å². The fourth-order valence-corrected chi connectivity index (χ4v) is 6.44. The molecule has 222 valence electrons. The first-order valence-electron chi connectivity index (χ1n) is 13.0. The maximum absolute atomic E-state index is 13.8. The molecule has 2 heterocycles. The Morgan fingerprint density at radius 1 is 1.09 bits per heavy atom. The Morgan fingerprint density at radius 3 is 2.51 bits per heavy atom. The molecule has 1 atom stereocenters. The molecule has 1 aromatic heterocycles. The van der Waals surface area contributed by atoms with Crippen molar-refractivity contribution in [2.24, 2.45) is 4.99 Å². The van der Waals surface area contributed by atoms with Gasteiger partial charge in [-0.05, 0) is 67.4 Å².